The summed E-state index contributed by atoms with van der Waals surface area (Å²) in [5.74, 6) is -0.734. The molecule has 0 fully saturated rings. The Morgan fingerprint density at radius 1 is 1.29 bits per heavy atom. The summed E-state index contributed by atoms with van der Waals surface area (Å²) < 4.78 is 5.10. The zero-order chi connectivity index (χ0) is 17.1. The highest BCUT2D eigenvalue weighted by atomic mass is 32.1. The molecule has 0 bridgehead atoms. The number of hydrogen-bond acceptors (Lipinski definition) is 5. The number of benzene rings is 1. The maximum Gasteiger partial charge on any atom is 0.358 e. The van der Waals surface area contributed by atoms with Crippen molar-refractivity contribution >= 4 is 34.0 Å². The largest absolute Gasteiger partial charge is 0.457 e. The number of esters is 1. The summed E-state index contributed by atoms with van der Waals surface area (Å²) in [6.07, 6.45) is 3.48. The second-order valence-corrected chi connectivity index (χ2v) is 6.35. The summed E-state index contributed by atoms with van der Waals surface area (Å²) in [6.45, 7) is 4.05. The SMILES string of the molecule is CC(C)=CCOC(=O)c1csc(C(=O)c2c[nH]c3ccccc23)n1. The molecule has 24 heavy (non-hydrogen) atoms. The molecule has 2 heterocycles. The van der Waals surface area contributed by atoms with Gasteiger partial charge in [0.2, 0.25) is 5.78 Å². The smallest absolute Gasteiger partial charge is 0.358 e. The lowest BCUT2D eigenvalue weighted by Gasteiger charge is -1.99. The number of fused-ring (bicyclic) bond motifs is 1. The monoisotopic (exact) mass is 340 g/mol. The van der Waals surface area contributed by atoms with E-state index in [4.69, 9.17) is 4.74 Å². The molecule has 0 radical (unpaired) electrons. The number of nitrogens with one attached hydrogen (secondary N) is 1. The number of para-hydroxylation sites is 1. The maximum absolute atomic E-state index is 12.6. The highest BCUT2D eigenvalue weighted by Gasteiger charge is 2.20. The Morgan fingerprint density at radius 2 is 2.08 bits per heavy atom. The van der Waals surface area contributed by atoms with Gasteiger partial charge in [-0.05, 0) is 26.0 Å². The standard InChI is InChI=1S/C18H16N2O3S/c1-11(2)7-8-23-18(22)15-10-24-17(20-15)16(21)13-9-19-14-6-4-3-5-12(13)14/h3-7,9-10,19H,8H2,1-2H3. The molecule has 0 saturated heterocycles. The molecule has 0 atom stereocenters. The molecule has 0 aliphatic rings. The van der Waals surface area contributed by atoms with Gasteiger partial charge in [0.25, 0.3) is 0 Å². The van der Waals surface area contributed by atoms with Gasteiger partial charge in [0, 0.05) is 22.5 Å². The quantitative estimate of drug-likeness (QED) is 0.433. The van der Waals surface area contributed by atoms with E-state index < -0.39 is 5.97 Å². The van der Waals surface area contributed by atoms with Crippen LogP contribution in [0.25, 0.3) is 10.9 Å². The molecule has 0 spiro atoms. The number of carbonyl (C=O) groups is 2. The Labute approximate surface area is 143 Å². The molecule has 0 unspecified atom stereocenters. The van der Waals surface area contributed by atoms with Crippen LogP contribution in [-0.2, 0) is 4.74 Å². The van der Waals surface area contributed by atoms with Gasteiger partial charge >= 0.3 is 5.97 Å². The topological polar surface area (TPSA) is 72.1 Å². The van der Waals surface area contributed by atoms with Gasteiger partial charge in [-0.2, -0.15) is 0 Å². The zero-order valence-electron chi connectivity index (χ0n) is 13.3. The van der Waals surface area contributed by atoms with Gasteiger partial charge in [-0.25, -0.2) is 9.78 Å². The molecule has 3 aromatic rings. The molecule has 0 aliphatic carbocycles. The third kappa shape index (κ3) is 3.28. The average Bonchev–Trinajstić information content (AvgIpc) is 3.21. The number of aromatic amines is 1. The fourth-order valence-corrected chi connectivity index (χ4v) is 2.94. The normalized spacial score (nSPS) is 10.6. The van der Waals surface area contributed by atoms with Crippen LogP contribution in [-0.4, -0.2) is 28.3 Å². The molecule has 122 valence electrons. The van der Waals surface area contributed by atoms with Crippen LogP contribution < -0.4 is 0 Å². The number of thiazole rings is 1. The Bertz CT molecular complexity index is 933. The lowest BCUT2D eigenvalue weighted by atomic mass is 10.1. The molecular weight excluding hydrogens is 324 g/mol. The number of rotatable bonds is 5. The van der Waals surface area contributed by atoms with Gasteiger partial charge in [0.1, 0.15) is 6.61 Å². The van der Waals surface area contributed by atoms with Crippen LogP contribution in [0.5, 0.6) is 0 Å². The van der Waals surface area contributed by atoms with E-state index in [2.05, 4.69) is 9.97 Å². The Hall–Kier alpha value is -2.73. The summed E-state index contributed by atoms with van der Waals surface area (Å²) >= 11 is 1.14. The summed E-state index contributed by atoms with van der Waals surface area (Å²) in [6, 6.07) is 7.55. The van der Waals surface area contributed by atoms with Crippen molar-refractivity contribution < 1.29 is 14.3 Å². The van der Waals surface area contributed by atoms with E-state index >= 15 is 0 Å². The minimum Gasteiger partial charge on any atom is -0.457 e. The number of ether oxygens (including phenoxy) is 1. The molecular formula is C18H16N2O3S. The molecule has 5 nitrogen and oxygen atoms in total. The number of H-pyrrole nitrogens is 1. The highest BCUT2D eigenvalue weighted by Crippen LogP contribution is 2.22. The summed E-state index contributed by atoms with van der Waals surface area (Å²) in [4.78, 5) is 31.8. The van der Waals surface area contributed by atoms with E-state index in [1.807, 2.05) is 44.2 Å². The third-order valence-electron chi connectivity index (χ3n) is 3.45. The second kappa shape index (κ2) is 6.80. The number of hydrogen-bond donors (Lipinski definition) is 1. The van der Waals surface area contributed by atoms with E-state index in [1.165, 1.54) is 0 Å². The highest BCUT2D eigenvalue weighted by molar-refractivity contribution is 7.12. The Kier molecular flexibility index (Phi) is 4.57. The zero-order valence-corrected chi connectivity index (χ0v) is 14.1. The number of carbonyl (C=O) groups excluding carboxylic acids is 2. The Morgan fingerprint density at radius 3 is 2.88 bits per heavy atom. The van der Waals surface area contributed by atoms with Crippen LogP contribution in [0.2, 0.25) is 0 Å². The molecule has 3 rings (SSSR count). The van der Waals surface area contributed by atoms with E-state index in [9.17, 15) is 9.59 Å². The summed E-state index contributed by atoms with van der Waals surface area (Å²) in [7, 11) is 0. The first-order valence-corrected chi connectivity index (χ1v) is 8.31. The minimum absolute atomic E-state index is 0.158. The van der Waals surface area contributed by atoms with Gasteiger partial charge < -0.3 is 9.72 Å². The van der Waals surface area contributed by atoms with Crippen LogP contribution in [0.3, 0.4) is 0 Å². The molecule has 0 amide bonds. The Balaban J connectivity index is 1.79. The van der Waals surface area contributed by atoms with Gasteiger partial charge in [-0.1, -0.05) is 23.8 Å². The van der Waals surface area contributed by atoms with E-state index in [0.717, 1.165) is 27.8 Å². The average molecular weight is 340 g/mol. The van der Waals surface area contributed by atoms with Crippen LogP contribution in [0.1, 0.15) is 39.7 Å². The van der Waals surface area contributed by atoms with E-state index in [1.54, 1.807) is 11.6 Å². The molecule has 1 N–H and O–H groups in total. The van der Waals surface area contributed by atoms with Crippen molar-refractivity contribution in [1.29, 1.82) is 0 Å². The third-order valence-corrected chi connectivity index (χ3v) is 4.29. The van der Waals surface area contributed by atoms with Gasteiger partial charge in [-0.3, -0.25) is 4.79 Å². The fourth-order valence-electron chi connectivity index (χ4n) is 2.20. The molecule has 6 heteroatoms. The minimum atomic E-state index is -0.526. The first-order valence-electron chi connectivity index (χ1n) is 7.43. The van der Waals surface area contributed by atoms with Crippen LogP contribution in [0, 0.1) is 0 Å². The number of ketones is 1. The summed E-state index contributed by atoms with van der Waals surface area (Å²) in [5, 5.41) is 2.66. The van der Waals surface area contributed by atoms with Gasteiger partial charge in [0.05, 0.1) is 5.56 Å². The van der Waals surface area contributed by atoms with Crippen LogP contribution >= 0.6 is 11.3 Å². The van der Waals surface area contributed by atoms with Gasteiger partial charge in [-0.15, -0.1) is 11.3 Å². The molecule has 0 saturated carbocycles. The fraction of sp³-hybridized carbons (Fsp3) is 0.167. The number of aromatic nitrogens is 2. The lowest BCUT2D eigenvalue weighted by molar-refractivity contribution is 0.0543. The van der Waals surface area contributed by atoms with Gasteiger partial charge in [0.15, 0.2) is 10.7 Å². The first kappa shape index (κ1) is 16.1. The van der Waals surface area contributed by atoms with Crippen molar-refractivity contribution in [2.75, 3.05) is 6.61 Å². The van der Waals surface area contributed by atoms with E-state index in [-0.39, 0.29) is 23.1 Å². The van der Waals surface area contributed by atoms with Crippen molar-refractivity contribution in [1.82, 2.24) is 9.97 Å². The number of allylic oxidation sites excluding steroid dienone is 1. The van der Waals surface area contributed by atoms with Crippen LogP contribution in [0.15, 0.2) is 47.5 Å². The van der Waals surface area contributed by atoms with Crippen molar-refractivity contribution in [3.05, 3.63) is 63.8 Å². The lowest BCUT2D eigenvalue weighted by Crippen LogP contribution is -2.07. The summed E-state index contributed by atoms with van der Waals surface area (Å²) in [5.41, 5.74) is 2.66. The first-order chi connectivity index (χ1) is 11.6. The second-order valence-electron chi connectivity index (χ2n) is 5.49. The number of nitrogens with zero attached hydrogens (tertiary/aromatic N) is 1. The van der Waals surface area contributed by atoms with Crippen LogP contribution in [0.4, 0.5) is 0 Å². The van der Waals surface area contributed by atoms with Crippen molar-refractivity contribution in [3.8, 4) is 0 Å². The predicted molar refractivity (Wildman–Crippen MR) is 93.6 cm³/mol. The molecule has 2 aromatic heterocycles. The maximum atomic E-state index is 12.6. The van der Waals surface area contributed by atoms with E-state index in [0.29, 0.717) is 5.56 Å². The van der Waals surface area contributed by atoms with Crippen molar-refractivity contribution in [3.63, 3.8) is 0 Å². The molecule has 1 aromatic carbocycles. The van der Waals surface area contributed by atoms with Crippen molar-refractivity contribution in [2.24, 2.45) is 0 Å². The van der Waals surface area contributed by atoms with Crippen molar-refractivity contribution in [2.45, 2.75) is 13.8 Å². The predicted octanol–water partition coefficient (Wildman–Crippen LogP) is 3.98. The molecule has 0 aliphatic heterocycles.